The van der Waals surface area contributed by atoms with Gasteiger partial charge in [0.05, 0.1) is 16.8 Å². The topological polar surface area (TPSA) is 71.2 Å². The molecule has 0 N–H and O–H groups in total. The molecule has 1 saturated heterocycles. The molecule has 8 heteroatoms. The average molecular weight is 342 g/mol. The normalized spacial score (nSPS) is 19.2. The van der Waals surface area contributed by atoms with Crippen molar-refractivity contribution in [3.63, 3.8) is 0 Å². The Morgan fingerprint density at radius 3 is 2.88 bits per heavy atom. The fraction of sp³-hybridized carbons (Fsp3) is 0.500. The van der Waals surface area contributed by atoms with E-state index in [1.54, 1.807) is 17.7 Å². The Hall–Kier alpha value is -2.06. The van der Waals surface area contributed by atoms with E-state index in [1.807, 2.05) is 0 Å². The highest BCUT2D eigenvalue weighted by molar-refractivity contribution is 7.17. The molecule has 0 radical (unpaired) electrons. The van der Waals surface area contributed by atoms with Gasteiger partial charge in [0.2, 0.25) is 5.89 Å². The van der Waals surface area contributed by atoms with Crippen LogP contribution in [0.15, 0.2) is 22.3 Å². The largest absolute Gasteiger partial charge is 0.353 e. The van der Waals surface area contributed by atoms with E-state index in [0.29, 0.717) is 5.92 Å². The Bertz CT molecular complexity index is 849. The summed E-state index contributed by atoms with van der Waals surface area (Å²) in [5, 5.41) is 6.20. The number of aromatic nitrogens is 4. The highest BCUT2D eigenvalue weighted by Crippen LogP contribution is 2.38. The number of hydrogen-bond donors (Lipinski definition) is 0. The van der Waals surface area contributed by atoms with Gasteiger partial charge in [-0.1, -0.05) is 5.16 Å². The molecule has 2 aliphatic rings. The summed E-state index contributed by atoms with van der Waals surface area (Å²) >= 11 is 1.71. The quantitative estimate of drug-likeness (QED) is 0.720. The molecule has 0 unspecified atom stereocenters. The van der Waals surface area contributed by atoms with E-state index in [2.05, 4.69) is 41.4 Å². The minimum atomic E-state index is 0.522. The van der Waals surface area contributed by atoms with Gasteiger partial charge in [0.1, 0.15) is 12.1 Å². The van der Waals surface area contributed by atoms with E-state index in [0.717, 1.165) is 55.8 Å². The number of thiophene rings is 1. The van der Waals surface area contributed by atoms with Crippen LogP contribution < -0.4 is 4.90 Å². The van der Waals surface area contributed by atoms with Gasteiger partial charge in [-0.3, -0.25) is 4.90 Å². The predicted octanol–water partition coefficient (Wildman–Crippen LogP) is 2.27. The molecule has 1 aliphatic carbocycles. The minimum Gasteiger partial charge on any atom is -0.353 e. The molecule has 0 bridgehead atoms. The zero-order valence-electron chi connectivity index (χ0n) is 13.3. The molecule has 1 saturated carbocycles. The molecule has 0 atom stereocenters. The summed E-state index contributed by atoms with van der Waals surface area (Å²) in [5.41, 5.74) is 1.03. The summed E-state index contributed by atoms with van der Waals surface area (Å²) in [4.78, 5) is 18.1. The van der Waals surface area contributed by atoms with Crippen LogP contribution in [-0.2, 0) is 6.54 Å². The number of nitrogens with zero attached hydrogens (tertiary/aromatic N) is 6. The maximum Gasteiger partial charge on any atom is 0.229 e. The van der Waals surface area contributed by atoms with Crippen molar-refractivity contribution in [3.05, 3.63) is 29.5 Å². The van der Waals surface area contributed by atoms with Crippen LogP contribution in [0.2, 0.25) is 0 Å². The number of piperazine rings is 1. The predicted molar refractivity (Wildman–Crippen MR) is 91.2 cm³/mol. The van der Waals surface area contributed by atoms with Crippen molar-refractivity contribution in [3.8, 4) is 0 Å². The van der Waals surface area contributed by atoms with Gasteiger partial charge in [0.15, 0.2) is 5.82 Å². The van der Waals surface area contributed by atoms with Gasteiger partial charge in [0, 0.05) is 32.1 Å². The molecule has 3 aromatic rings. The van der Waals surface area contributed by atoms with Crippen molar-refractivity contribution in [1.82, 2.24) is 25.0 Å². The highest BCUT2D eigenvalue weighted by Gasteiger charge is 2.30. The Labute approximate surface area is 143 Å². The maximum atomic E-state index is 5.35. The number of rotatable bonds is 4. The molecule has 7 nitrogen and oxygen atoms in total. The molecule has 124 valence electrons. The summed E-state index contributed by atoms with van der Waals surface area (Å²) in [6.45, 7) is 4.63. The first-order valence-corrected chi connectivity index (χ1v) is 9.23. The van der Waals surface area contributed by atoms with Crippen LogP contribution in [0, 0.1) is 0 Å². The van der Waals surface area contributed by atoms with Gasteiger partial charge in [0.25, 0.3) is 0 Å². The SMILES string of the molecule is c1nc(N2CCN(Cc3noc(C4CC4)n3)CC2)c2sccc2n1. The van der Waals surface area contributed by atoms with E-state index in [9.17, 15) is 0 Å². The Balaban J connectivity index is 1.24. The maximum absolute atomic E-state index is 5.35. The monoisotopic (exact) mass is 342 g/mol. The Morgan fingerprint density at radius 2 is 2.04 bits per heavy atom. The first-order valence-electron chi connectivity index (χ1n) is 8.35. The lowest BCUT2D eigenvalue weighted by atomic mass is 10.3. The Kier molecular flexibility index (Phi) is 3.45. The third-order valence-corrected chi connectivity index (χ3v) is 5.57. The summed E-state index contributed by atoms with van der Waals surface area (Å²) in [6.07, 6.45) is 4.04. The van der Waals surface area contributed by atoms with Gasteiger partial charge in [-0.2, -0.15) is 4.98 Å². The summed E-state index contributed by atoms with van der Waals surface area (Å²) in [6, 6.07) is 2.05. The third kappa shape index (κ3) is 2.65. The Morgan fingerprint density at radius 1 is 1.17 bits per heavy atom. The van der Waals surface area contributed by atoms with Gasteiger partial charge in [-0.05, 0) is 24.3 Å². The van der Waals surface area contributed by atoms with Gasteiger partial charge in [-0.25, -0.2) is 9.97 Å². The van der Waals surface area contributed by atoms with E-state index in [4.69, 9.17) is 4.52 Å². The molecule has 2 fully saturated rings. The second-order valence-corrected chi connectivity index (χ2v) is 7.33. The summed E-state index contributed by atoms with van der Waals surface area (Å²) in [5.74, 6) is 3.22. The van der Waals surface area contributed by atoms with Crippen molar-refractivity contribution in [2.75, 3.05) is 31.1 Å². The zero-order valence-corrected chi connectivity index (χ0v) is 14.1. The molecule has 0 amide bonds. The lowest BCUT2D eigenvalue weighted by molar-refractivity contribution is 0.239. The van der Waals surface area contributed by atoms with Crippen LogP contribution in [0.1, 0.15) is 30.5 Å². The molecule has 4 heterocycles. The van der Waals surface area contributed by atoms with Crippen molar-refractivity contribution >= 4 is 27.4 Å². The first-order chi connectivity index (χ1) is 11.9. The minimum absolute atomic E-state index is 0.522. The van der Waals surface area contributed by atoms with Crippen LogP contribution in [0.5, 0.6) is 0 Å². The third-order valence-electron chi connectivity index (χ3n) is 4.67. The second kappa shape index (κ2) is 5.78. The van der Waals surface area contributed by atoms with Gasteiger partial charge >= 0.3 is 0 Å². The van der Waals surface area contributed by atoms with Crippen molar-refractivity contribution in [2.45, 2.75) is 25.3 Å². The highest BCUT2D eigenvalue weighted by atomic mass is 32.1. The van der Waals surface area contributed by atoms with Crippen molar-refractivity contribution in [2.24, 2.45) is 0 Å². The fourth-order valence-electron chi connectivity index (χ4n) is 3.15. The molecule has 1 aliphatic heterocycles. The standard InChI is InChI=1S/C16H18N6OS/c1-2-11(1)16-19-13(20-23-16)9-21-4-6-22(7-5-21)15-14-12(3-8-24-14)17-10-18-15/h3,8,10-11H,1-2,4-7,9H2. The molecular weight excluding hydrogens is 324 g/mol. The van der Waals surface area contributed by atoms with Gasteiger partial charge < -0.3 is 9.42 Å². The van der Waals surface area contributed by atoms with Crippen LogP contribution in [0.4, 0.5) is 5.82 Å². The zero-order chi connectivity index (χ0) is 15.9. The molecule has 3 aromatic heterocycles. The lowest BCUT2D eigenvalue weighted by Crippen LogP contribution is -2.46. The van der Waals surface area contributed by atoms with Gasteiger partial charge in [-0.15, -0.1) is 11.3 Å². The second-order valence-electron chi connectivity index (χ2n) is 6.42. The summed E-state index contributed by atoms with van der Waals surface area (Å²) < 4.78 is 6.52. The molecule has 0 aromatic carbocycles. The van der Waals surface area contributed by atoms with Crippen LogP contribution in [0.3, 0.4) is 0 Å². The van der Waals surface area contributed by atoms with E-state index < -0.39 is 0 Å². The molecular formula is C16H18N6OS. The van der Waals surface area contributed by atoms with Crippen LogP contribution in [0.25, 0.3) is 10.2 Å². The number of anilines is 1. The van der Waals surface area contributed by atoms with Crippen molar-refractivity contribution < 1.29 is 4.52 Å². The first kappa shape index (κ1) is 14.3. The van der Waals surface area contributed by atoms with Crippen LogP contribution in [-0.4, -0.2) is 51.2 Å². The van der Waals surface area contributed by atoms with Crippen LogP contribution >= 0.6 is 11.3 Å². The smallest absolute Gasteiger partial charge is 0.229 e. The fourth-order valence-corrected chi connectivity index (χ4v) is 4.01. The molecule has 0 spiro atoms. The lowest BCUT2D eigenvalue weighted by Gasteiger charge is -2.34. The van der Waals surface area contributed by atoms with E-state index >= 15 is 0 Å². The molecule has 24 heavy (non-hydrogen) atoms. The summed E-state index contributed by atoms with van der Waals surface area (Å²) in [7, 11) is 0. The van der Waals surface area contributed by atoms with E-state index in [1.165, 1.54) is 17.5 Å². The van der Waals surface area contributed by atoms with E-state index in [-0.39, 0.29) is 0 Å². The average Bonchev–Trinajstić information content (AvgIpc) is 3.17. The van der Waals surface area contributed by atoms with Crippen molar-refractivity contribution in [1.29, 1.82) is 0 Å². The number of fused-ring (bicyclic) bond motifs is 1. The molecule has 5 rings (SSSR count). The number of hydrogen-bond acceptors (Lipinski definition) is 8.